The first-order chi connectivity index (χ1) is 7.59. The third kappa shape index (κ3) is 1.81. The summed E-state index contributed by atoms with van der Waals surface area (Å²) in [5.74, 6) is 0. The van der Waals surface area contributed by atoms with Crippen molar-refractivity contribution in [3.63, 3.8) is 0 Å². The second-order valence-electron chi connectivity index (χ2n) is 3.64. The summed E-state index contributed by atoms with van der Waals surface area (Å²) < 4.78 is 1.53. The molecular formula is C11H11N3OS. The molecule has 0 spiro atoms. The highest BCUT2D eigenvalue weighted by Gasteiger charge is 2.03. The maximum absolute atomic E-state index is 12.1. The topological polar surface area (TPSA) is 50.1 Å². The van der Waals surface area contributed by atoms with Gasteiger partial charge in [-0.1, -0.05) is 12.1 Å². The van der Waals surface area contributed by atoms with Crippen LogP contribution in [0.5, 0.6) is 0 Å². The zero-order chi connectivity index (χ0) is 11.7. The Bertz CT molecular complexity index is 677. The van der Waals surface area contributed by atoms with E-state index in [2.05, 4.69) is 10.1 Å². The van der Waals surface area contributed by atoms with Crippen LogP contribution in [0.15, 0.2) is 34.2 Å². The van der Waals surface area contributed by atoms with Crippen molar-refractivity contribution in [3.05, 3.63) is 39.4 Å². The molecule has 4 nitrogen and oxygen atoms in total. The predicted molar refractivity (Wildman–Crippen MR) is 67.6 cm³/mol. The van der Waals surface area contributed by atoms with Gasteiger partial charge in [-0.3, -0.25) is 4.79 Å². The van der Waals surface area contributed by atoms with Crippen molar-refractivity contribution in [1.82, 2.24) is 9.66 Å². The van der Waals surface area contributed by atoms with Gasteiger partial charge in [-0.2, -0.15) is 9.78 Å². The Kier molecular flexibility index (Phi) is 2.70. The quantitative estimate of drug-likeness (QED) is 0.607. The zero-order valence-corrected chi connectivity index (χ0v) is 9.84. The number of hydrogen-bond donors (Lipinski definition) is 1. The van der Waals surface area contributed by atoms with Crippen molar-refractivity contribution in [1.29, 1.82) is 0 Å². The summed E-state index contributed by atoms with van der Waals surface area (Å²) in [5, 5.41) is 4.68. The van der Waals surface area contributed by atoms with Crippen LogP contribution in [-0.2, 0) is 0 Å². The number of aromatic nitrogens is 2. The van der Waals surface area contributed by atoms with Gasteiger partial charge in [-0.05, 0) is 38.2 Å². The van der Waals surface area contributed by atoms with Crippen LogP contribution in [0.25, 0.3) is 10.9 Å². The average molecular weight is 233 g/mol. The molecule has 5 heteroatoms. The van der Waals surface area contributed by atoms with Crippen LogP contribution in [0.1, 0.15) is 13.8 Å². The molecule has 0 saturated heterocycles. The van der Waals surface area contributed by atoms with Crippen LogP contribution in [0.3, 0.4) is 0 Å². The summed E-state index contributed by atoms with van der Waals surface area (Å²) in [6.07, 6.45) is 0. The molecule has 1 aromatic heterocycles. The summed E-state index contributed by atoms with van der Waals surface area (Å²) in [5.41, 5.74) is 1.31. The lowest BCUT2D eigenvalue weighted by Gasteiger charge is -2.02. The number of hydrogen-bond acceptors (Lipinski definition) is 3. The lowest BCUT2D eigenvalue weighted by Crippen LogP contribution is -2.19. The fourth-order valence-corrected chi connectivity index (χ4v) is 1.68. The number of fused-ring (bicyclic) bond motifs is 1. The van der Waals surface area contributed by atoms with Gasteiger partial charge in [0.2, 0.25) is 4.77 Å². The number of aromatic amines is 1. The van der Waals surface area contributed by atoms with E-state index in [1.165, 1.54) is 4.68 Å². The van der Waals surface area contributed by atoms with E-state index < -0.39 is 0 Å². The number of nitrogens with one attached hydrogen (secondary N) is 1. The second-order valence-corrected chi connectivity index (χ2v) is 4.03. The van der Waals surface area contributed by atoms with E-state index in [1.54, 1.807) is 6.07 Å². The fraction of sp³-hybridized carbons (Fsp3) is 0.182. The Balaban J connectivity index is 2.92. The molecule has 0 fully saturated rings. The second kappa shape index (κ2) is 4.02. The number of nitrogens with zero attached hydrogens (tertiary/aromatic N) is 2. The van der Waals surface area contributed by atoms with E-state index in [4.69, 9.17) is 12.2 Å². The molecule has 0 atom stereocenters. The molecule has 16 heavy (non-hydrogen) atoms. The Morgan fingerprint density at radius 2 is 2.06 bits per heavy atom. The average Bonchev–Trinajstić information content (AvgIpc) is 2.24. The molecule has 1 aromatic carbocycles. The minimum absolute atomic E-state index is 0.194. The van der Waals surface area contributed by atoms with Gasteiger partial charge in [-0.15, -0.1) is 0 Å². The van der Waals surface area contributed by atoms with E-state index >= 15 is 0 Å². The van der Waals surface area contributed by atoms with Crippen molar-refractivity contribution in [2.75, 3.05) is 0 Å². The van der Waals surface area contributed by atoms with Crippen LogP contribution >= 0.6 is 12.2 Å². The van der Waals surface area contributed by atoms with E-state index in [1.807, 2.05) is 32.0 Å². The van der Waals surface area contributed by atoms with Crippen molar-refractivity contribution < 1.29 is 0 Å². The van der Waals surface area contributed by atoms with Crippen LogP contribution in [-0.4, -0.2) is 15.4 Å². The zero-order valence-electron chi connectivity index (χ0n) is 9.02. The van der Waals surface area contributed by atoms with Crippen molar-refractivity contribution in [2.45, 2.75) is 13.8 Å². The molecule has 0 aliphatic rings. The molecule has 0 radical (unpaired) electrons. The Morgan fingerprint density at radius 1 is 1.38 bits per heavy atom. The minimum atomic E-state index is -0.194. The monoisotopic (exact) mass is 233 g/mol. The van der Waals surface area contributed by atoms with Gasteiger partial charge in [-0.25, -0.2) is 0 Å². The molecule has 1 N–H and O–H groups in total. The van der Waals surface area contributed by atoms with Crippen molar-refractivity contribution >= 4 is 28.8 Å². The highest BCUT2D eigenvalue weighted by atomic mass is 32.1. The first-order valence-electron chi connectivity index (χ1n) is 4.86. The van der Waals surface area contributed by atoms with Crippen molar-refractivity contribution in [3.8, 4) is 0 Å². The summed E-state index contributed by atoms with van der Waals surface area (Å²) in [6, 6.07) is 7.23. The van der Waals surface area contributed by atoms with Gasteiger partial charge in [0.25, 0.3) is 5.56 Å². The first kappa shape index (κ1) is 10.8. The number of rotatable bonds is 1. The molecule has 2 aromatic rings. The van der Waals surface area contributed by atoms with E-state index in [0.717, 1.165) is 11.2 Å². The summed E-state index contributed by atoms with van der Waals surface area (Å²) >= 11 is 5.09. The van der Waals surface area contributed by atoms with Gasteiger partial charge < -0.3 is 4.98 Å². The smallest absolute Gasteiger partial charge is 0.282 e. The van der Waals surface area contributed by atoms with Gasteiger partial charge in [0.05, 0.1) is 10.9 Å². The normalized spacial score (nSPS) is 10.4. The fourth-order valence-electron chi connectivity index (χ4n) is 1.44. The number of benzene rings is 1. The third-order valence-corrected chi connectivity index (χ3v) is 2.36. The molecule has 0 aliphatic carbocycles. The molecule has 82 valence electrons. The summed E-state index contributed by atoms with van der Waals surface area (Å²) in [6.45, 7) is 3.63. The molecule has 0 aliphatic heterocycles. The van der Waals surface area contributed by atoms with Crippen LogP contribution in [0.2, 0.25) is 0 Å². The Hall–Kier alpha value is -1.75. The predicted octanol–water partition coefficient (Wildman–Crippen LogP) is 2.30. The Morgan fingerprint density at radius 3 is 2.75 bits per heavy atom. The molecule has 0 bridgehead atoms. The van der Waals surface area contributed by atoms with E-state index in [-0.39, 0.29) is 5.56 Å². The third-order valence-electron chi connectivity index (χ3n) is 2.08. The summed E-state index contributed by atoms with van der Waals surface area (Å²) in [7, 11) is 0. The molecule has 0 unspecified atom stereocenters. The maximum Gasteiger partial charge on any atom is 0.282 e. The lowest BCUT2D eigenvalue weighted by atomic mass is 10.2. The highest BCUT2D eigenvalue weighted by Crippen LogP contribution is 2.05. The summed E-state index contributed by atoms with van der Waals surface area (Å²) in [4.78, 5) is 15.0. The number of para-hydroxylation sites is 1. The van der Waals surface area contributed by atoms with Crippen LogP contribution in [0.4, 0.5) is 0 Å². The SMILES string of the molecule is CC(C)=Nn1c(=S)[nH]c2ccccc2c1=O. The van der Waals surface area contributed by atoms with Gasteiger partial charge in [0.1, 0.15) is 0 Å². The lowest BCUT2D eigenvalue weighted by molar-refractivity contribution is 0.793. The van der Waals surface area contributed by atoms with Gasteiger partial charge in [0.15, 0.2) is 0 Å². The molecule has 0 amide bonds. The van der Waals surface area contributed by atoms with Gasteiger partial charge >= 0.3 is 0 Å². The van der Waals surface area contributed by atoms with Crippen molar-refractivity contribution in [2.24, 2.45) is 5.10 Å². The largest absolute Gasteiger partial charge is 0.330 e. The maximum atomic E-state index is 12.1. The van der Waals surface area contributed by atoms with Crippen LogP contribution < -0.4 is 5.56 Å². The number of H-pyrrole nitrogens is 1. The first-order valence-corrected chi connectivity index (χ1v) is 5.26. The standard InChI is InChI=1S/C11H11N3OS/c1-7(2)13-14-10(15)8-5-3-4-6-9(8)12-11(14)16/h3-6H,1-2H3,(H,12,16). The molecule has 2 rings (SSSR count). The van der Waals surface area contributed by atoms with Crippen LogP contribution in [0, 0.1) is 4.77 Å². The Labute approximate surface area is 97.2 Å². The molecular weight excluding hydrogens is 222 g/mol. The van der Waals surface area contributed by atoms with E-state index in [0.29, 0.717) is 10.2 Å². The van der Waals surface area contributed by atoms with E-state index in [9.17, 15) is 4.79 Å². The van der Waals surface area contributed by atoms with Gasteiger partial charge in [0, 0.05) is 5.71 Å². The molecule has 1 heterocycles. The molecule has 0 saturated carbocycles. The minimum Gasteiger partial charge on any atom is -0.330 e. The highest BCUT2D eigenvalue weighted by molar-refractivity contribution is 7.71.